The van der Waals surface area contributed by atoms with Crippen LogP contribution in [0.2, 0.25) is 0 Å². The summed E-state index contributed by atoms with van der Waals surface area (Å²) in [5, 5.41) is 7.43. The van der Waals surface area contributed by atoms with E-state index in [-0.39, 0.29) is 5.91 Å². The van der Waals surface area contributed by atoms with Gasteiger partial charge in [0, 0.05) is 31.5 Å². The summed E-state index contributed by atoms with van der Waals surface area (Å²) < 4.78 is 1.92. The number of aromatic nitrogens is 3. The molecule has 6 heteroatoms. The second-order valence-electron chi connectivity index (χ2n) is 6.97. The second-order valence-corrected chi connectivity index (χ2v) is 6.97. The summed E-state index contributed by atoms with van der Waals surface area (Å²) in [5.74, 6) is 1.37. The van der Waals surface area contributed by atoms with E-state index >= 15 is 0 Å². The summed E-state index contributed by atoms with van der Waals surface area (Å²) in [6.07, 6.45) is 4.16. The first kappa shape index (κ1) is 17.5. The number of pyridine rings is 1. The molecule has 1 amide bonds. The van der Waals surface area contributed by atoms with E-state index in [2.05, 4.69) is 27.2 Å². The van der Waals surface area contributed by atoms with Gasteiger partial charge in [-0.25, -0.2) is 4.98 Å². The predicted octanol–water partition coefficient (Wildman–Crippen LogP) is 2.56. The van der Waals surface area contributed by atoms with Crippen LogP contribution in [0.4, 0.5) is 5.82 Å². The van der Waals surface area contributed by atoms with Crippen LogP contribution in [-0.2, 0) is 6.54 Å². The Balaban J connectivity index is 1.65. The summed E-state index contributed by atoms with van der Waals surface area (Å²) in [4.78, 5) is 19.4. The van der Waals surface area contributed by atoms with Crippen molar-refractivity contribution >= 4 is 11.7 Å². The Morgan fingerprint density at radius 2 is 2.24 bits per heavy atom. The van der Waals surface area contributed by atoms with Crippen molar-refractivity contribution in [2.24, 2.45) is 5.92 Å². The van der Waals surface area contributed by atoms with Gasteiger partial charge in [-0.3, -0.25) is 9.48 Å². The van der Waals surface area contributed by atoms with Gasteiger partial charge in [0.1, 0.15) is 5.82 Å². The standard InChI is InChI=1S/C19H27N5O/c1-14-6-5-10-23(13-14)18-17(7-4-8-20-18)19(25)21-9-11-24-16(3)12-15(2)22-24/h4,7-8,12,14H,5-6,9-11,13H2,1-3H3,(H,21,25). The molecule has 1 fully saturated rings. The highest BCUT2D eigenvalue weighted by molar-refractivity contribution is 5.98. The number of rotatable bonds is 5. The van der Waals surface area contributed by atoms with Crippen molar-refractivity contribution in [2.75, 3.05) is 24.5 Å². The number of amides is 1. The maximum absolute atomic E-state index is 12.7. The Hall–Kier alpha value is -2.37. The van der Waals surface area contributed by atoms with Gasteiger partial charge in [-0.1, -0.05) is 6.92 Å². The molecule has 0 aliphatic carbocycles. The molecule has 1 saturated heterocycles. The van der Waals surface area contributed by atoms with Crippen LogP contribution in [-0.4, -0.2) is 40.3 Å². The van der Waals surface area contributed by atoms with E-state index in [1.54, 1.807) is 6.20 Å². The third-order valence-corrected chi connectivity index (χ3v) is 4.70. The summed E-state index contributed by atoms with van der Waals surface area (Å²) in [6, 6.07) is 5.73. The monoisotopic (exact) mass is 341 g/mol. The number of anilines is 1. The molecule has 0 radical (unpaired) electrons. The lowest BCUT2D eigenvalue weighted by atomic mass is 10.00. The molecule has 0 spiro atoms. The van der Waals surface area contributed by atoms with Crippen LogP contribution in [0.15, 0.2) is 24.4 Å². The highest BCUT2D eigenvalue weighted by Crippen LogP contribution is 2.24. The Kier molecular flexibility index (Phi) is 5.36. The van der Waals surface area contributed by atoms with Crippen molar-refractivity contribution in [1.29, 1.82) is 0 Å². The van der Waals surface area contributed by atoms with Gasteiger partial charge in [0.05, 0.1) is 17.8 Å². The molecule has 1 N–H and O–H groups in total. The van der Waals surface area contributed by atoms with E-state index in [1.165, 1.54) is 6.42 Å². The molecule has 3 heterocycles. The van der Waals surface area contributed by atoms with Gasteiger partial charge in [-0.2, -0.15) is 5.10 Å². The summed E-state index contributed by atoms with van der Waals surface area (Å²) in [7, 11) is 0. The van der Waals surface area contributed by atoms with E-state index in [9.17, 15) is 4.79 Å². The fourth-order valence-corrected chi connectivity index (χ4v) is 3.48. The van der Waals surface area contributed by atoms with Crippen LogP contribution in [0, 0.1) is 19.8 Å². The molecule has 1 atom stereocenters. The second kappa shape index (κ2) is 7.68. The van der Waals surface area contributed by atoms with Crippen LogP contribution in [0.5, 0.6) is 0 Å². The molecule has 3 rings (SSSR count). The van der Waals surface area contributed by atoms with Gasteiger partial charge in [0.25, 0.3) is 5.91 Å². The van der Waals surface area contributed by atoms with E-state index < -0.39 is 0 Å². The SMILES string of the molecule is Cc1cc(C)n(CCNC(=O)c2cccnc2N2CCCC(C)C2)n1. The average molecular weight is 341 g/mol. The van der Waals surface area contributed by atoms with Crippen LogP contribution < -0.4 is 10.2 Å². The molecule has 2 aromatic heterocycles. The van der Waals surface area contributed by atoms with Crippen molar-refractivity contribution in [3.8, 4) is 0 Å². The highest BCUT2D eigenvalue weighted by Gasteiger charge is 2.22. The van der Waals surface area contributed by atoms with E-state index in [4.69, 9.17) is 0 Å². The average Bonchev–Trinajstić information content (AvgIpc) is 2.92. The minimum atomic E-state index is -0.0668. The first-order valence-electron chi connectivity index (χ1n) is 9.04. The zero-order valence-corrected chi connectivity index (χ0v) is 15.3. The number of nitrogens with zero attached hydrogens (tertiary/aromatic N) is 4. The van der Waals surface area contributed by atoms with Crippen molar-refractivity contribution in [3.05, 3.63) is 41.3 Å². The number of carbonyl (C=O) groups is 1. The van der Waals surface area contributed by atoms with Crippen LogP contribution >= 0.6 is 0 Å². The molecule has 134 valence electrons. The maximum Gasteiger partial charge on any atom is 0.255 e. The molecule has 0 aromatic carbocycles. The molecule has 25 heavy (non-hydrogen) atoms. The van der Waals surface area contributed by atoms with Gasteiger partial charge < -0.3 is 10.2 Å². The molecule has 1 aliphatic heterocycles. The molecular formula is C19H27N5O. The largest absolute Gasteiger partial charge is 0.356 e. The lowest BCUT2D eigenvalue weighted by Gasteiger charge is -2.32. The van der Waals surface area contributed by atoms with Crippen LogP contribution in [0.3, 0.4) is 0 Å². The molecule has 1 aliphatic rings. The van der Waals surface area contributed by atoms with Crippen LogP contribution in [0.25, 0.3) is 0 Å². The maximum atomic E-state index is 12.7. The first-order chi connectivity index (χ1) is 12.0. The molecule has 0 bridgehead atoms. The molecule has 0 saturated carbocycles. The predicted molar refractivity (Wildman–Crippen MR) is 98.9 cm³/mol. The number of hydrogen-bond donors (Lipinski definition) is 1. The zero-order valence-electron chi connectivity index (χ0n) is 15.3. The minimum absolute atomic E-state index is 0.0668. The topological polar surface area (TPSA) is 63.1 Å². The van der Waals surface area contributed by atoms with Crippen molar-refractivity contribution in [3.63, 3.8) is 0 Å². The molecule has 2 aromatic rings. The molecular weight excluding hydrogens is 314 g/mol. The number of nitrogens with one attached hydrogen (secondary N) is 1. The van der Waals surface area contributed by atoms with Gasteiger partial charge in [-0.15, -0.1) is 0 Å². The number of aryl methyl sites for hydroxylation is 2. The van der Waals surface area contributed by atoms with Gasteiger partial charge >= 0.3 is 0 Å². The van der Waals surface area contributed by atoms with E-state index in [0.29, 0.717) is 24.6 Å². The summed E-state index contributed by atoms with van der Waals surface area (Å²) in [5.41, 5.74) is 2.76. The van der Waals surface area contributed by atoms with Crippen LogP contribution in [0.1, 0.15) is 41.5 Å². The Morgan fingerprint density at radius 3 is 2.96 bits per heavy atom. The van der Waals surface area contributed by atoms with Gasteiger partial charge in [0.2, 0.25) is 0 Å². The van der Waals surface area contributed by atoms with Crippen molar-refractivity contribution in [1.82, 2.24) is 20.1 Å². The fourth-order valence-electron chi connectivity index (χ4n) is 3.48. The molecule has 1 unspecified atom stereocenters. The normalized spacial score (nSPS) is 17.6. The Labute approximate surface area is 149 Å². The Bertz CT molecular complexity index is 739. The van der Waals surface area contributed by atoms with E-state index in [0.717, 1.165) is 36.7 Å². The number of hydrogen-bond acceptors (Lipinski definition) is 4. The Morgan fingerprint density at radius 1 is 1.40 bits per heavy atom. The lowest BCUT2D eigenvalue weighted by molar-refractivity contribution is 0.0952. The smallest absolute Gasteiger partial charge is 0.255 e. The highest BCUT2D eigenvalue weighted by atomic mass is 16.1. The quantitative estimate of drug-likeness (QED) is 0.908. The van der Waals surface area contributed by atoms with Crippen molar-refractivity contribution < 1.29 is 4.79 Å². The van der Waals surface area contributed by atoms with Gasteiger partial charge in [0.15, 0.2) is 0 Å². The third-order valence-electron chi connectivity index (χ3n) is 4.70. The zero-order chi connectivity index (χ0) is 17.8. The molecule has 6 nitrogen and oxygen atoms in total. The first-order valence-corrected chi connectivity index (χ1v) is 9.04. The van der Waals surface area contributed by atoms with E-state index in [1.807, 2.05) is 36.7 Å². The fraction of sp³-hybridized carbons (Fsp3) is 0.526. The minimum Gasteiger partial charge on any atom is -0.356 e. The van der Waals surface area contributed by atoms with Crippen molar-refractivity contribution in [2.45, 2.75) is 40.2 Å². The summed E-state index contributed by atoms with van der Waals surface area (Å²) >= 11 is 0. The third kappa shape index (κ3) is 4.18. The number of piperidine rings is 1. The number of carbonyl (C=O) groups excluding carboxylic acids is 1. The van der Waals surface area contributed by atoms with Gasteiger partial charge in [-0.05, 0) is 50.8 Å². The summed E-state index contributed by atoms with van der Waals surface area (Å²) in [6.45, 7) is 9.40. The lowest BCUT2D eigenvalue weighted by Crippen LogP contribution is -2.37.